The van der Waals surface area contributed by atoms with Crippen LogP contribution in [0.4, 0.5) is 5.69 Å². The van der Waals surface area contributed by atoms with Crippen LogP contribution in [0, 0.1) is 0 Å². The van der Waals surface area contributed by atoms with Gasteiger partial charge in [-0.2, -0.15) is 5.10 Å². The molecule has 0 aliphatic carbocycles. The van der Waals surface area contributed by atoms with Crippen molar-refractivity contribution in [2.45, 2.75) is 50.8 Å². The molecule has 1 atom stereocenters. The minimum absolute atomic E-state index is 0.0523. The largest absolute Gasteiger partial charge is 0.375 e. The summed E-state index contributed by atoms with van der Waals surface area (Å²) in [5.41, 5.74) is 1.82. The highest BCUT2D eigenvalue weighted by molar-refractivity contribution is 5.92. The van der Waals surface area contributed by atoms with Crippen LogP contribution in [0.3, 0.4) is 0 Å². The first-order valence-corrected chi connectivity index (χ1v) is 12.2. The van der Waals surface area contributed by atoms with Crippen molar-refractivity contribution in [1.82, 2.24) is 19.6 Å². The van der Waals surface area contributed by atoms with Gasteiger partial charge in [-0.15, -0.1) is 0 Å². The van der Waals surface area contributed by atoms with E-state index < -0.39 is 0 Å². The SMILES string of the molecule is CCn1ccc(C(=O)N2CCC3(CC2)C[C@@H](N2CCN(c4ccccc4)CC2)CCO3)n1. The Morgan fingerprint density at radius 3 is 2.50 bits per heavy atom. The molecule has 2 aromatic rings. The van der Waals surface area contributed by atoms with Crippen molar-refractivity contribution in [2.75, 3.05) is 50.8 Å². The van der Waals surface area contributed by atoms with E-state index in [2.05, 4.69) is 45.2 Å². The van der Waals surface area contributed by atoms with Crippen LogP contribution in [0.5, 0.6) is 0 Å². The number of benzene rings is 1. The number of anilines is 1. The van der Waals surface area contributed by atoms with Crippen LogP contribution in [0.2, 0.25) is 0 Å². The first-order chi connectivity index (χ1) is 15.7. The molecule has 5 rings (SSSR count). The Morgan fingerprint density at radius 1 is 1.06 bits per heavy atom. The van der Waals surface area contributed by atoms with Crippen LogP contribution in [0.1, 0.15) is 43.1 Å². The van der Waals surface area contributed by atoms with Crippen LogP contribution in [0.25, 0.3) is 0 Å². The molecule has 172 valence electrons. The predicted octanol–water partition coefficient (Wildman–Crippen LogP) is 2.88. The lowest BCUT2D eigenvalue weighted by Gasteiger charge is -2.49. The summed E-state index contributed by atoms with van der Waals surface area (Å²) in [4.78, 5) is 20.0. The highest BCUT2D eigenvalue weighted by atomic mass is 16.5. The van der Waals surface area contributed by atoms with Gasteiger partial charge in [0.05, 0.1) is 5.60 Å². The monoisotopic (exact) mass is 437 g/mol. The number of rotatable bonds is 4. The third-order valence-corrected chi connectivity index (χ3v) is 7.56. The Balaban J connectivity index is 1.15. The van der Waals surface area contributed by atoms with Gasteiger partial charge in [0.1, 0.15) is 5.69 Å². The molecule has 1 aromatic heterocycles. The molecule has 0 bridgehead atoms. The van der Waals surface area contributed by atoms with Gasteiger partial charge in [0, 0.05) is 70.3 Å². The molecule has 0 saturated carbocycles. The summed E-state index contributed by atoms with van der Waals surface area (Å²) < 4.78 is 8.19. The van der Waals surface area contributed by atoms with Crippen molar-refractivity contribution in [1.29, 1.82) is 0 Å². The topological polar surface area (TPSA) is 53.8 Å². The van der Waals surface area contributed by atoms with Gasteiger partial charge >= 0.3 is 0 Å². The van der Waals surface area contributed by atoms with Gasteiger partial charge in [0.2, 0.25) is 0 Å². The van der Waals surface area contributed by atoms with E-state index in [-0.39, 0.29) is 11.5 Å². The van der Waals surface area contributed by atoms with Crippen LogP contribution < -0.4 is 4.90 Å². The summed E-state index contributed by atoms with van der Waals surface area (Å²) in [6.45, 7) is 9.55. The number of aromatic nitrogens is 2. The highest BCUT2D eigenvalue weighted by Gasteiger charge is 2.43. The van der Waals surface area contributed by atoms with Gasteiger partial charge in [0.15, 0.2) is 0 Å². The van der Waals surface area contributed by atoms with Crippen molar-refractivity contribution in [3.63, 3.8) is 0 Å². The van der Waals surface area contributed by atoms with Gasteiger partial charge in [-0.05, 0) is 50.8 Å². The van der Waals surface area contributed by atoms with E-state index in [1.54, 1.807) is 0 Å². The van der Waals surface area contributed by atoms with Gasteiger partial charge in [-0.1, -0.05) is 18.2 Å². The molecule has 0 N–H and O–H groups in total. The normalized spacial score (nSPS) is 24.1. The average molecular weight is 438 g/mol. The molecule has 4 heterocycles. The minimum Gasteiger partial charge on any atom is -0.375 e. The van der Waals surface area contributed by atoms with Gasteiger partial charge in [0.25, 0.3) is 5.91 Å². The number of piperazine rings is 1. The number of hydrogen-bond acceptors (Lipinski definition) is 5. The van der Waals surface area contributed by atoms with Crippen LogP contribution in [-0.2, 0) is 11.3 Å². The molecular formula is C25H35N5O2. The Hall–Kier alpha value is -2.38. The van der Waals surface area contributed by atoms with E-state index in [1.807, 2.05) is 28.8 Å². The third kappa shape index (κ3) is 4.41. The molecule has 1 amide bonds. The quantitative estimate of drug-likeness (QED) is 0.736. The third-order valence-electron chi connectivity index (χ3n) is 7.56. The number of nitrogens with zero attached hydrogens (tertiary/aromatic N) is 5. The van der Waals surface area contributed by atoms with E-state index in [0.29, 0.717) is 11.7 Å². The molecule has 1 aromatic carbocycles. The number of carbonyl (C=O) groups excluding carboxylic acids is 1. The zero-order chi connectivity index (χ0) is 22.0. The van der Waals surface area contributed by atoms with E-state index in [9.17, 15) is 4.79 Å². The Bertz CT molecular complexity index is 898. The van der Waals surface area contributed by atoms with Crippen molar-refractivity contribution >= 4 is 11.6 Å². The first kappa shape index (κ1) is 21.5. The Morgan fingerprint density at radius 2 is 1.81 bits per heavy atom. The van der Waals surface area contributed by atoms with Gasteiger partial charge in [-0.25, -0.2) is 0 Å². The number of ether oxygens (including phenoxy) is 1. The number of carbonyl (C=O) groups is 1. The van der Waals surface area contributed by atoms with Crippen LogP contribution in [-0.4, -0.2) is 83.0 Å². The smallest absolute Gasteiger partial charge is 0.274 e. The molecule has 3 fully saturated rings. The summed E-state index contributed by atoms with van der Waals surface area (Å²) in [6.07, 6.45) is 5.93. The zero-order valence-electron chi connectivity index (χ0n) is 19.2. The number of amides is 1. The molecule has 0 radical (unpaired) electrons. The average Bonchev–Trinajstić information content (AvgIpc) is 3.34. The second kappa shape index (κ2) is 9.24. The maximum atomic E-state index is 12.9. The van der Waals surface area contributed by atoms with Crippen molar-refractivity contribution in [2.24, 2.45) is 0 Å². The molecular weight excluding hydrogens is 402 g/mol. The lowest BCUT2D eigenvalue weighted by Crippen LogP contribution is -2.57. The second-order valence-electron chi connectivity index (χ2n) is 9.39. The standard InChI is InChI=1S/C25H35N5O2/c1-2-30-12-8-23(26-30)24(31)29-13-10-25(11-14-29)20-22(9-19-32-25)28-17-15-27(16-18-28)21-6-4-3-5-7-21/h3-8,12,22H,2,9-11,13-20H2,1H3/t22-/m0/s1. The van der Waals surface area contributed by atoms with Crippen molar-refractivity contribution in [3.8, 4) is 0 Å². The number of piperidine rings is 1. The summed E-state index contributed by atoms with van der Waals surface area (Å²) >= 11 is 0. The maximum absolute atomic E-state index is 12.9. The summed E-state index contributed by atoms with van der Waals surface area (Å²) in [5, 5.41) is 4.39. The fourth-order valence-electron chi connectivity index (χ4n) is 5.58. The lowest BCUT2D eigenvalue weighted by molar-refractivity contribution is -0.130. The zero-order valence-corrected chi connectivity index (χ0v) is 19.2. The molecule has 0 unspecified atom stereocenters. The Labute approximate surface area is 190 Å². The molecule has 3 aliphatic heterocycles. The Kier molecular flexibility index (Phi) is 6.20. The van der Waals surface area contributed by atoms with Crippen molar-refractivity contribution < 1.29 is 9.53 Å². The fraction of sp³-hybridized carbons (Fsp3) is 0.600. The second-order valence-corrected chi connectivity index (χ2v) is 9.39. The summed E-state index contributed by atoms with van der Waals surface area (Å²) in [6, 6.07) is 13.2. The number of hydrogen-bond donors (Lipinski definition) is 0. The van der Waals surface area contributed by atoms with E-state index >= 15 is 0 Å². The molecule has 7 heteroatoms. The first-order valence-electron chi connectivity index (χ1n) is 12.2. The minimum atomic E-state index is -0.0704. The molecule has 3 saturated heterocycles. The van der Waals surface area contributed by atoms with Crippen LogP contribution >= 0.6 is 0 Å². The predicted molar refractivity (Wildman–Crippen MR) is 125 cm³/mol. The van der Waals surface area contributed by atoms with Crippen molar-refractivity contribution in [3.05, 3.63) is 48.3 Å². The number of para-hydroxylation sites is 1. The molecule has 7 nitrogen and oxygen atoms in total. The van der Waals surface area contributed by atoms with Gasteiger partial charge in [-0.3, -0.25) is 14.4 Å². The summed E-state index contributed by atoms with van der Waals surface area (Å²) in [5.74, 6) is 0.0523. The number of likely N-dealkylation sites (tertiary alicyclic amines) is 1. The van der Waals surface area contributed by atoms with E-state index in [0.717, 1.165) is 78.1 Å². The van der Waals surface area contributed by atoms with Crippen LogP contribution in [0.15, 0.2) is 42.6 Å². The molecule has 3 aliphatic rings. The maximum Gasteiger partial charge on any atom is 0.274 e. The highest BCUT2D eigenvalue weighted by Crippen LogP contribution is 2.37. The van der Waals surface area contributed by atoms with Gasteiger partial charge < -0.3 is 14.5 Å². The summed E-state index contributed by atoms with van der Waals surface area (Å²) in [7, 11) is 0. The number of aryl methyl sites for hydroxylation is 1. The van der Waals surface area contributed by atoms with E-state index in [4.69, 9.17) is 4.74 Å². The lowest BCUT2D eigenvalue weighted by atomic mass is 9.81. The fourth-order valence-corrected chi connectivity index (χ4v) is 5.58. The van der Waals surface area contributed by atoms with E-state index in [1.165, 1.54) is 5.69 Å². The molecule has 32 heavy (non-hydrogen) atoms. The molecule has 1 spiro atoms.